The fraction of sp³-hybridized carbons (Fsp3) is 0. The molecule has 3 aromatic carbocycles. The number of fused-ring (bicyclic) bond motifs is 1. The summed E-state index contributed by atoms with van der Waals surface area (Å²) in [5, 5.41) is 9.28. The van der Waals surface area contributed by atoms with E-state index in [-0.39, 0.29) is 5.56 Å². The minimum absolute atomic E-state index is 0.191. The van der Waals surface area contributed by atoms with Crippen molar-refractivity contribution in [1.29, 1.82) is 0 Å². The molecule has 0 saturated carbocycles. The van der Waals surface area contributed by atoms with E-state index < -0.39 is 0 Å². The summed E-state index contributed by atoms with van der Waals surface area (Å²) in [5.74, 6) is 0.544. The molecular weight excluding hydrogens is 510 g/mol. The summed E-state index contributed by atoms with van der Waals surface area (Å²) >= 11 is 4.81. The van der Waals surface area contributed by atoms with Crippen molar-refractivity contribution in [2.75, 3.05) is 0 Å². The van der Waals surface area contributed by atoms with Crippen LogP contribution < -0.4 is 10.1 Å². The number of halogens is 1. The first kappa shape index (κ1) is 20.7. The molecule has 0 saturated heterocycles. The number of hydrogen-bond acceptors (Lipinski definition) is 5. The Balaban J connectivity index is 1.50. The summed E-state index contributed by atoms with van der Waals surface area (Å²) in [6.07, 6.45) is 3.81. The number of nitrogens with zero attached hydrogens (tertiary/aromatic N) is 5. The van der Waals surface area contributed by atoms with E-state index in [1.54, 1.807) is 0 Å². The van der Waals surface area contributed by atoms with Gasteiger partial charge in [-0.15, -0.1) is 5.10 Å². The number of benzene rings is 3. The average molecular weight is 526 g/mol. The second-order valence-electron chi connectivity index (χ2n) is 7.63. The van der Waals surface area contributed by atoms with Gasteiger partial charge in [0.1, 0.15) is 0 Å². The molecule has 0 aliphatic carbocycles. The van der Waals surface area contributed by atoms with Crippen LogP contribution in [0, 0.1) is 0 Å². The molecule has 0 radical (unpaired) electrons. The molecule has 0 spiro atoms. The molecule has 6 nitrogen and oxygen atoms in total. The van der Waals surface area contributed by atoms with Gasteiger partial charge in [-0.25, -0.2) is 4.68 Å². The Morgan fingerprint density at radius 3 is 2.24 bits per heavy atom. The third-order valence-electron chi connectivity index (χ3n) is 5.38. The van der Waals surface area contributed by atoms with Gasteiger partial charge in [-0.2, -0.15) is 14.6 Å². The van der Waals surface area contributed by atoms with Gasteiger partial charge in [0.2, 0.25) is 4.96 Å². The molecule has 0 amide bonds. The highest BCUT2D eigenvalue weighted by atomic mass is 79.9. The van der Waals surface area contributed by atoms with E-state index in [2.05, 4.69) is 26.0 Å². The van der Waals surface area contributed by atoms with Crippen LogP contribution >= 0.6 is 27.3 Å². The van der Waals surface area contributed by atoms with Crippen LogP contribution in [0.4, 0.5) is 0 Å². The van der Waals surface area contributed by atoms with Crippen molar-refractivity contribution in [3.63, 3.8) is 0 Å². The van der Waals surface area contributed by atoms with Gasteiger partial charge in [0.25, 0.3) is 5.56 Å². The van der Waals surface area contributed by atoms with Crippen LogP contribution in [0.3, 0.4) is 0 Å². The first-order valence-corrected chi connectivity index (χ1v) is 12.1. The summed E-state index contributed by atoms with van der Waals surface area (Å²) in [4.78, 5) is 18.3. The maximum absolute atomic E-state index is 13.2. The lowest BCUT2D eigenvalue weighted by Crippen LogP contribution is -2.23. The predicted octanol–water partition coefficient (Wildman–Crippen LogP) is 4.98. The van der Waals surface area contributed by atoms with Crippen LogP contribution in [0.5, 0.6) is 0 Å². The van der Waals surface area contributed by atoms with E-state index >= 15 is 0 Å². The lowest BCUT2D eigenvalue weighted by Gasteiger charge is -2.00. The van der Waals surface area contributed by atoms with E-state index in [0.717, 1.165) is 32.5 Å². The minimum Gasteiger partial charge on any atom is -0.266 e. The summed E-state index contributed by atoms with van der Waals surface area (Å²) in [6.45, 7) is 0. The SMILES string of the molecule is O=c1/c(=C/c2cn(-c3ccccc3)nc2-c2ccc(Br)cc2)sc2nc(-c3ccccc3)nn12. The number of hydrogen-bond donors (Lipinski definition) is 0. The molecule has 0 N–H and O–H groups in total. The third kappa shape index (κ3) is 3.76. The highest BCUT2D eigenvalue weighted by Gasteiger charge is 2.15. The Morgan fingerprint density at radius 2 is 1.53 bits per heavy atom. The minimum atomic E-state index is -0.191. The number of rotatable bonds is 4. The van der Waals surface area contributed by atoms with Crippen molar-refractivity contribution in [3.05, 3.63) is 116 Å². The molecule has 6 aromatic rings. The van der Waals surface area contributed by atoms with Crippen LogP contribution in [-0.4, -0.2) is 24.4 Å². The van der Waals surface area contributed by atoms with Crippen molar-refractivity contribution >= 4 is 38.3 Å². The first-order valence-electron chi connectivity index (χ1n) is 10.5. The van der Waals surface area contributed by atoms with Crippen LogP contribution in [0.25, 0.3) is 39.4 Å². The summed E-state index contributed by atoms with van der Waals surface area (Å²) in [5.41, 5.74) is 4.23. The molecule has 0 aliphatic heterocycles. The average Bonchev–Trinajstić information content (AvgIpc) is 3.56. The van der Waals surface area contributed by atoms with Crippen LogP contribution in [0.1, 0.15) is 5.56 Å². The normalized spacial score (nSPS) is 12.0. The lowest BCUT2D eigenvalue weighted by atomic mass is 10.1. The maximum atomic E-state index is 13.2. The van der Waals surface area contributed by atoms with E-state index in [0.29, 0.717) is 15.3 Å². The topological polar surface area (TPSA) is 65.1 Å². The highest BCUT2D eigenvalue weighted by Crippen LogP contribution is 2.26. The molecule has 3 heterocycles. The molecule has 0 bridgehead atoms. The number of aromatic nitrogens is 5. The Labute approximate surface area is 206 Å². The second-order valence-corrected chi connectivity index (χ2v) is 9.56. The lowest BCUT2D eigenvalue weighted by molar-refractivity contribution is 0.884. The van der Waals surface area contributed by atoms with Gasteiger partial charge < -0.3 is 0 Å². The third-order valence-corrected chi connectivity index (χ3v) is 6.87. The fourth-order valence-corrected chi connectivity index (χ4v) is 4.89. The van der Waals surface area contributed by atoms with Crippen molar-refractivity contribution in [3.8, 4) is 28.3 Å². The molecule has 0 atom stereocenters. The van der Waals surface area contributed by atoms with E-state index in [1.807, 2.05) is 102 Å². The Bertz CT molecular complexity index is 1720. The molecule has 0 unspecified atom stereocenters. The standard InChI is InChI=1S/C26H16BrN5OS/c27-20-13-11-17(12-14-20)23-19(16-31(29-23)21-9-5-2-6-10-21)15-22-25(33)32-26(34-22)28-24(30-32)18-7-3-1-4-8-18/h1-16H/b22-15-. The van der Waals surface area contributed by atoms with Gasteiger partial charge in [0.15, 0.2) is 5.82 Å². The van der Waals surface area contributed by atoms with Gasteiger partial charge in [-0.05, 0) is 30.3 Å². The monoisotopic (exact) mass is 525 g/mol. The van der Waals surface area contributed by atoms with Gasteiger partial charge in [-0.3, -0.25) is 4.79 Å². The molecule has 6 rings (SSSR count). The summed E-state index contributed by atoms with van der Waals surface area (Å²) in [7, 11) is 0. The van der Waals surface area contributed by atoms with Crippen molar-refractivity contribution in [1.82, 2.24) is 24.4 Å². The van der Waals surface area contributed by atoms with Gasteiger partial charge in [0.05, 0.1) is 15.9 Å². The van der Waals surface area contributed by atoms with Gasteiger partial charge in [-0.1, -0.05) is 87.9 Å². The Morgan fingerprint density at radius 1 is 0.824 bits per heavy atom. The number of thiazole rings is 1. The van der Waals surface area contributed by atoms with Crippen molar-refractivity contribution in [2.24, 2.45) is 0 Å². The van der Waals surface area contributed by atoms with E-state index in [4.69, 9.17) is 5.10 Å². The predicted molar refractivity (Wildman–Crippen MR) is 138 cm³/mol. The van der Waals surface area contributed by atoms with Crippen LogP contribution in [-0.2, 0) is 0 Å². The summed E-state index contributed by atoms with van der Waals surface area (Å²) in [6, 6.07) is 27.5. The Hall–Kier alpha value is -3.88. The van der Waals surface area contributed by atoms with E-state index in [9.17, 15) is 4.79 Å². The maximum Gasteiger partial charge on any atom is 0.291 e. The van der Waals surface area contributed by atoms with Crippen LogP contribution in [0.15, 0.2) is 100 Å². The smallest absolute Gasteiger partial charge is 0.266 e. The Kier molecular flexibility index (Phi) is 5.16. The zero-order chi connectivity index (χ0) is 23.1. The number of para-hydroxylation sites is 1. The molecular formula is C26H16BrN5OS. The second kappa shape index (κ2) is 8.48. The highest BCUT2D eigenvalue weighted by molar-refractivity contribution is 9.10. The molecule has 3 aromatic heterocycles. The molecule has 0 aliphatic rings. The fourth-order valence-electron chi connectivity index (χ4n) is 3.72. The van der Waals surface area contributed by atoms with E-state index in [1.165, 1.54) is 15.9 Å². The molecule has 34 heavy (non-hydrogen) atoms. The van der Waals surface area contributed by atoms with Gasteiger partial charge >= 0.3 is 0 Å². The largest absolute Gasteiger partial charge is 0.291 e. The molecule has 8 heteroatoms. The molecule has 164 valence electrons. The zero-order valence-electron chi connectivity index (χ0n) is 17.7. The van der Waals surface area contributed by atoms with Gasteiger partial charge in [0, 0.05) is 27.4 Å². The van der Waals surface area contributed by atoms with Crippen molar-refractivity contribution < 1.29 is 0 Å². The van der Waals surface area contributed by atoms with Crippen LogP contribution in [0.2, 0.25) is 0 Å². The first-order chi connectivity index (χ1) is 16.7. The summed E-state index contributed by atoms with van der Waals surface area (Å²) < 4.78 is 4.75. The zero-order valence-corrected chi connectivity index (χ0v) is 20.1. The van der Waals surface area contributed by atoms with Crippen molar-refractivity contribution in [2.45, 2.75) is 0 Å². The quantitative estimate of drug-likeness (QED) is 0.325. The molecule has 0 fully saturated rings.